The SMILES string of the molecule is CC(C)[C@@H](C(=O)Nc1ccc(F)c(Cl)c1)n1cnc2ccccc2c1=O. The van der Waals surface area contributed by atoms with E-state index in [1.165, 1.54) is 29.1 Å². The Labute approximate surface area is 154 Å². The zero-order chi connectivity index (χ0) is 18.8. The molecular formula is C19H17ClFN3O2. The van der Waals surface area contributed by atoms with E-state index >= 15 is 0 Å². The first-order valence-corrected chi connectivity index (χ1v) is 8.48. The van der Waals surface area contributed by atoms with E-state index in [1.54, 1.807) is 24.3 Å². The zero-order valence-electron chi connectivity index (χ0n) is 14.2. The van der Waals surface area contributed by atoms with Gasteiger partial charge in [-0.05, 0) is 36.2 Å². The van der Waals surface area contributed by atoms with Crippen molar-refractivity contribution in [3.63, 3.8) is 0 Å². The van der Waals surface area contributed by atoms with Gasteiger partial charge in [-0.25, -0.2) is 9.37 Å². The maximum atomic E-state index is 13.3. The van der Waals surface area contributed by atoms with Crippen LogP contribution < -0.4 is 10.9 Å². The number of amides is 1. The molecule has 0 spiro atoms. The number of carbonyl (C=O) groups is 1. The third kappa shape index (κ3) is 3.46. The fourth-order valence-electron chi connectivity index (χ4n) is 2.82. The predicted octanol–water partition coefficient (Wildman–Crippen LogP) is 4.02. The quantitative estimate of drug-likeness (QED) is 0.751. The molecule has 0 aliphatic rings. The van der Waals surface area contributed by atoms with E-state index in [0.29, 0.717) is 16.6 Å². The summed E-state index contributed by atoms with van der Waals surface area (Å²) in [6, 6.07) is 10.1. The highest BCUT2D eigenvalue weighted by atomic mass is 35.5. The Morgan fingerprint density at radius 1 is 1.23 bits per heavy atom. The average molecular weight is 374 g/mol. The van der Waals surface area contributed by atoms with Crippen LogP contribution in [0.1, 0.15) is 19.9 Å². The summed E-state index contributed by atoms with van der Waals surface area (Å²) in [7, 11) is 0. The first-order chi connectivity index (χ1) is 12.4. The number of nitrogens with zero attached hydrogens (tertiary/aromatic N) is 2. The van der Waals surface area contributed by atoms with Crippen molar-refractivity contribution in [2.75, 3.05) is 5.32 Å². The molecule has 1 amide bonds. The second kappa shape index (κ2) is 7.25. The number of benzene rings is 2. The van der Waals surface area contributed by atoms with Gasteiger partial charge < -0.3 is 5.32 Å². The first-order valence-electron chi connectivity index (χ1n) is 8.10. The number of rotatable bonds is 4. The van der Waals surface area contributed by atoms with Crippen molar-refractivity contribution in [1.29, 1.82) is 0 Å². The van der Waals surface area contributed by atoms with Gasteiger partial charge in [-0.3, -0.25) is 14.2 Å². The van der Waals surface area contributed by atoms with Crippen molar-refractivity contribution in [2.45, 2.75) is 19.9 Å². The Bertz CT molecular complexity index is 1030. The highest BCUT2D eigenvalue weighted by Crippen LogP contribution is 2.23. The molecule has 1 N–H and O–H groups in total. The molecule has 0 saturated carbocycles. The summed E-state index contributed by atoms with van der Waals surface area (Å²) in [5, 5.41) is 3.04. The van der Waals surface area contributed by atoms with Gasteiger partial charge in [0.25, 0.3) is 5.56 Å². The maximum Gasteiger partial charge on any atom is 0.261 e. The number of fused-ring (bicyclic) bond motifs is 1. The minimum absolute atomic E-state index is 0.0894. The molecule has 0 fully saturated rings. The van der Waals surface area contributed by atoms with Crippen LogP contribution >= 0.6 is 11.6 Å². The third-order valence-corrected chi connectivity index (χ3v) is 4.37. The van der Waals surface area contributed by atoms with Crippen molar-refractivity contribution in [3.05, 3.63) is 70.0 Å². The first kappa shape index (κ1) is 18.1. The fraction of sp³-hybridized carbons (Fsp3) is 0.211. The average Bonchev–Trinajstić information content (AvgIpc) is 2.60. The summed E-state index contributed by atoms with van der Waals surface area (Å²) < 4.78 is 14.6. The largest absolute Gasteiger partial charge is 0.324 e. The van der Waals surface area contributed by atoms with E-state index in [1.807, 2.05) is 13.8 Å². The standard InChI is InChI=1S/C19H17ClFN3O2/c1-11(2)17(18(25)23-12-7-8-15(21)14(20)9-12)24-10-22-16-6-4-3-5-13(16)19(24)26/h3-11,17H,1-2H3,(H,23,25)/t17-/m0/s1. The number of nitrogens with one attached hydrogen (secondary N) is 1. The molecule has 0 bridgehead atoms. The molecule has 1 aromatic heterocycles. The van der Waals surface area contributed by atoms with Crippen molar-refractivity contribution in [1.82, 2.24) is 9.55 Å². The van der Waals surface area contributed by atoms with E-state index in [4.69, 9.17) is 11.6 Å². The van der Waals surface area contributed by atoms with Gasteiger partial charge in [0.2, 0.25) is 5.91 Å². The van der Waals surface area contributed by atoms with Gasteiger partial charge in [-0.15, -0.1) is 0 Å². The van der Waals surface area contributed by atoms with Crippen molar-refractivity contribution in [2.24, 2.45) is 5.92 Å². The van der Waals surface area contributed by atoms with E-state index in [2.05, 4.69) is 10.3 Å². The molecule has 0 radical (unpaired) electrons. The molecule has 0 aliphatic carbocycles. The molecule has 1 heterocycles. The van der Waals surface area contributed by atoms with Crippen LogP contribution in [0.5, 0.6) is 0 Å². The molecule has 26 heavy (non-hydrogen) atoms. The van der Waals surface area contributed by atoms with Crippen LogP contribution in [0.25, 0.3) is 10.9 Å². The number of hydrogen-bond acceptors (Lipinski definition) is 3. The minimum Gasteiger partial charge on any atom is -0.324 e. The molecule has 134 valence electrons. The lowest BCUT2D eigenvalue weighted by atomic mass is 10.0. The van der Waals surface area contributed by atoms with Crippen molar-refractivity contribution in [3.8, 4) is 0 Å². The van der Waals surface area contributed by atoms with Gasteiger partial charge in [0.1, 0.15) is 11.9 Å². The van der Waals surface area contributed by atoms with Gasteiger partial charge in [-0.2, -0.15) is 0 Å². The van der Waals surface area contributed by atoms with Crippen LogP contribution in [0.2, 0.25) is 5.02 Å². The van der Waals surface area contributed by atoms with Crippen molar-refractivity contribution < 1.29 is 9.18 Å². The molecule has 1 atom stereocenters. The molecule has 3 aromatic rings. The third-order valence-electron chi connectivity index (χ3n) is 4.08. The number of para-hydroxylation sites is 1. The molecule has 7 heteroatoms. The second-order valence-corrected chi connectivity index (χ2v) is 6.69. The minimum atomic E-state index is -0.775. The maximum absolute atomic E-state index is 13.3. The summed E-state index contributed by atoms with van der Waals surface area (Å²) in [6.07, 6.45) is 1.38. The monoisotopic (exact) mass is 373 g/mol. The van der Waals surface area contributed by atoms with Gasteiger partial charge >= 0.3 is 0 Å². The second-order valence-electron chi connectivity index (χ2n) is 6.28. The molecule has 2 aromatic carbocycles. The van der Waals surface area contributed by atoms with Crippen LogP contribution in [0.3, 0.4) is 0 Å². The summed E-state index contributed by atoms with van der Waals surface area (Å²) in [5.41, 5.74) is 0.636. The Morgan fingerprint density at radius 3 is 2.65 bits per heavy atom. The number of aromatic nitrogens is 2. The van der Waals surface area contributed by atoms with Crippen LogP contribution in [0.4, 0.5) is 10.1 Å². The number of hydrogen-bond donors (Lipinski definition) is 1. The van der Waals surface area contributed by atoms with Gasteiger partial charge in [-0.1, -0.05) is 37.6 Å². The molecule has 0 aliphatic heterocycles. The number of carbonyl (C=O) groups excluding carboxylic acids is 1. The molecule has 0 unspecified atom stereocenters. The van der Waals surface area contributed by atoms with Gasteiger partial charge in [0, 0.05) is 5.69 Å². The van der Waals surface area contributed by atoms with Crippen LogP contribution in [-0.4, -0.2) is 15.5 Å². The number of halogens is 2. The Kier molecular flexibility index (Phi) is 5.04. The van der Waals surface area contributed by atoms with Crippen LogP contribution in [-0.2, 0) is 4.79 Å². The molecular weight excluding hydrogens is 357 g/mol. The Hall–Kier alpha value is -2.73. The Morgan fingerprint density at radius 2 is 1.96 bits per heavy atom. The summed E-state index contributed by atoms with van der Waals surface area (Å²) in [4.78, 5) is 29.9. The van der Waals surface area contributed by atoms with Gasteiger partial charge in [0.05, 0.1) is 22.3 Å². The highest BCUT2D eigenvalue weighted by Gasteiger charge is 2.26. The normalized spacial score (nSPS) is 12.3. The lowest BCUT2D eigenvalue weighted by Gasteiger charge is -2.22. The summed E-state index contributed by atoms with van der Waals surface area (Å²) >= 11 is 5.76. The van der Waals surface area contributed by atoms with E-state index < -0.39 is 17.8 Å². The van der Waals surface area contributed by atoms with E-state index in [0.717, 1.165) is 0 Å². The molecule has 5 nitrogen and oxygen atoms in total. The smallest absolute Gasteiger partial charge is 0.261 e. The zero-order valence-corrected chi connectivity index (χ0v) is 15.0. The van der Waals surface area contributed by atoms with E-state index in [-0.39, 0.29) is 16.5 Å². The van der Waals surface area contributed by atoms with E-state index in [9.17, 15) is 14.0 Å². The molecule has 0 saturated heterocycles. The summed E-state index contributed by atoms with van der Waals surface area (Å²) in [5.74, 6) is -1.14. The van der Waals surface area contributed by atoms with Crippen LogP contribution in [0, 0.1) is 11.7 Å². The Balaban J connectivity index is 1.99. The lowest BCUT2D eigenvalue weighted by molar-refractivity contribution is -0.120. The number of anilines is 1. The van der Waals surface area contributed by atoms with Crippen molar-refractivity contribution >= 4 is 34.1 Å². The lowest BCUT2D eigenvalue weighted by Crippen LogP contribution is -2.36. The highest BCUT2D eigenvalue weighted by molar-refractivity contribution is 6.31. The molecule has 3 rings (SSSR count). The van der Waals surface area contributed by atoms with Gasteiger partial charge in [0.15, 0.2) is 0 Å². The van der Waals surface area contributed by atoms with Crippen LogP contribution in [0.15, 0.2) is 53.6 Å². The topological polar surface area (TPSA) is 64.0 Å². The summed E-state index contributed by atoms with van der Waals surface area (Å²) in [6.45, 7) is 3.67. The fourth-order valence-corrected chi connectivity index (χ4v) is 3.00. The predicted molar refractivity (Wildman–Crippen MR) is 99.9 cm³/mol.